The lowest BCUT2D eigenvalue weighted by Gasteiger charge is -2.07. The molecular weight excluding hydrogens is 324 g/mol. The third kappa shape index (κ3) is 4.43. The maximum absolute atomic E-state index is 11.7. The summed E-state index contributed by atoms with van der Waals surface area (Å²) in [5.41, 5.74) is 0.265. The smallest absolute Gasteiger partial charge is 0.349 e. The number of carbonyl (C=O) groups is 1. The molecule has 0 spiro atoms. The third-order valence-corrected chi connectivity index (χ3v) is 2.99. The molecule has 0 N–H and O–H groups in total. The van der Waals surface area contributed by atoms with Gasteiger partial charge in [-0.3, -0.25) is 10.1 Å². The molecule has 0 atom stereocenters. The van der Waals surface area contributed by atoms with E-state index in [1.165, 1.54) is 12.1 Å². The summed E-state index contributed by atoms with van der Waals surface area (Å²) >= 11 is 5.81. The summed E-state index contributed by atoms with van der Waals surface area (Å²) in [5.74, 6) is -0.313. The van der Waals surface area contributed by atoms with E-state index in [0.717, 1.165) is 6.07 Å². The Bertz CT molecular complexity index is 783. The highest BCUT2D eigenvalue weighted by Gasteiger charge is 2.13. The van der Waals surface area contributed by atoms with Crippen LogP contribution in [0.15, 0.2) is 42.5 Å². The quantitative estimate of drug-likeness (QED) is 0.361. The monoisotopic (exact) mass is 332 g/mol. The summed E-state index contributed by atoms with van der Waals surface area (Å²) in [6, 6.07) is 11.7. The molecule has 7 nitrogen and oxygen atoms in total. The van der Waals surface area contributed by atoms with E-state index in [2.05, 4.69) is 0 Å². The van der Waals surface area contributed by atoms with E-state index in [1.807, 2.05) is 6.07 Å². The minimum absolute atomic E-state index is 0.00527. The molecule has 0 aromatic heterocycles. The van der Waals surface area contributed by atoms with Crippen molar-refractivity contribution in [2.75, 3.05) is 6.61 Å². The van der Waals surface area contributed by atoms with Crippen molar-refractivity contribution < 1.29 is 19.2 Å². The van der Waals surface area contributed by atoms with Gasteiger partial charge in [-0.25, -0.2) is 4.79 Å². The molecule has 0 bridgehead atoms. The number of carbonyl (C=O) groups excluding carboxylic acids is 1. The summed E-state index contributed by atoms with van der Waals surface area (Å²) < 4.78 is 10.2. The Balaban J connectivity index is 1.94. The maximum Gasteiger partial charge on any atom is 0.349 e. The molecule has 23 heavy (non-hydrogen) atoms. The van der Waals surface area contributed by atoms with Crippen molar-refractivity contribution in [3.05, 3.63) is 63.2 Å². The number of esters is 1. The lowest BCUT2D eigenvalue weighted by Crippen LogP contribution is -2.17. The molecule has 0 aliphatic carbocycles. The van der Waals surface area contributed by atoms with Crippen molar-refractivity contribution in [1.82, 2.24) is 0 Å². The van der Waals surface area contributed by atoms with Gasteiger partial charge in [-0.1, -0.05) is 11.6 Å². The summed E-state index contributed by atoms with van der Waals surface area (Å²) in [6.07, 6.45) is 0. The molecule has 116 valence electrons. The lowest BCUT2D eigenvalue weighted by atomic mass is 10.2. The van der Waals surface area contributed by atoms with Crippen molar-refractivity contribution >= 4 is 23.3 Å². The number of nitriles is 1. The summed E-state index contributed by atoms with van der Waals surface area (Å²) in [6.45, 7) is -0.376. The second-order valence-corrected chi connectivity index (χ2v) is 4.68. The Morgan fingerprint density at radius 1 is 1.26 bits per heavy atom. The standard InChI is InChI=1S/C15H9ClN2O5/c16-13-7-11(18(20)21)3-6-14(13)23-15(19)9-22-12-4-1-10(8-17)2-5-12/h1-7H,9H2. The maximum atomic E-state index is 11.7. The van der Waals surface area contributed by atoms with Crippen LogP contribution in [0.4, 0.5) is 5.69 Å². The van der Waals surface area contributed by atoms with Crippen LogP contribution in [0, 0.1) is 21.4 Å². The van der Waals surface area contributed by atoms with Crippen LogP contribution < -0.4 is 9.47 Å². The van der Waals surface area contributed by atoms with Gasteiger partial charge in [-0.05, 0) is 30.3 Å². The first-order valence-corrected chi connectivity index (χ1v) is 6.65. The summed E-state index contributed by atoms with van der Waals surface area (Å²) in [5, 5.41) is 19.2. The predicted octanol–water partition coefficient (Wildman–Crippen LogP) is 3.10. The van der Waals surface area contributed by atoms with Gasteiger partial charge in [0.05, 0.1) is 21.6 Å². The molecule has 2 aromatic carbocycles. The third-order valence-electron chi connectivity index (χ3n) is 2.69. The first kappa shape index (κ1) is 16.3. The molecule has 0 unspecified atom stereocenters. The van der Waals surface area contributed by atoms with Crippen LogP contribution in [-0.4, -0.2) is 17.5 Å². The number of hydrogen-bond acceptors (Lipinski definition) is 6. The fraction of sp³-hybridized carbons (Fsp3) is 0.0667. The van der Waals surface area contributed by atoms with E-state index in [-0.39, 0.29) is 23.1 Å². The molecule has 2 aromatic rings. The zero-order valence-corrected chi connectivity index (χ0v) is 12.3. The van der Waals surface area contributed by atoms with Crippen molar-refractivity contribution in [2.24, 2.45) is 0 Å². The fourth-order valence-corrected chi connectivity index (χ4v) is 1.82. The number of benzene rings is 2. The van der Waals surface area contributed by atoms with Crippen LogP contribution in [0.1, 0.15) is 5.56 Å². The first-order chi connectivity index (χ1) is 11.0. The van der Waals surface area contributed by atoms with Gasteiger partial charge in [0.15, 0.2) is 6.61 Å². The molecule has 0 radical (unpaired) electrons. The second-order valence-electron chi connectivity index (χ2n) is 4.27. The summed E-state index contributed by atoms with van der Waals surface area (Å²) in [7, 11) is 0. The second kappa shape index (κ2) is 7.24. The zero-order valence-electron chi connectivity index (χ0n) is 11.6. The number of non-ortho nitro benzene ring substituents is 1. The van der Waals surface area contributed by atoms with Gasteiger partial charge in [-0.2, -0.15) is 5.26 Å². The van der Waals surface area contributed by atoms with Gasteiger partial charge in [0.25, 0.3) is 5.69 Å². The Morgan fingerprint density at radius 3 is 2.52 bits per heavy atom. The Morgan fingerprint density at radius 2 is 1.96 bits per heavy atom. The van der Waals surface area contributed by atoms with Crippen molar-refractivity contribution in [3.63, 3.8) is 0 Å². The van der Waals surface area contributed by atoms with Crippen molar-refractivity contribution in [1.29, 1.82) is 5.26 Å². The fourth-order valence-electron chi connectivity index (χ4n) is 1.61. The van der Waals surface area contributed by atoms with E-state index < -0.39 is 10.9 Å². The van der Waals surface area contributed by atoms with Crippen LogP contribution in [0.3, 0.4) is 0 Å². The molecule has 0 aliphatic rings. The minimum Gasteiger partial charge on any atom is -0.482 e. The number of ether oxygens (including phenoxy) is 2. The molecule has 2 rings (SSSR count). The van der Waals surface area contributed by atoms with E-state index in [4.69, 9.17) is 26.3 Å². The normalized spacial score (nSPS) is 9.74. The Hall–Kier alpha value is -3.11. The molecule has 8 heteroatoms. The highest BCUT2D eigenvalue weighted by molar-refractivity contribution is 6.32. The van der Waals surface area contributed by atoms with Gasteiger partial charge in [0, 0.05) is 12.1 Å². The average molecular weight is 333 g/mol. The van der Waals surface area contributed by atoms with Gasteiger partial charge < -0.3 is 9.47 Å². The van der Waals surface area contributed by atoms with Gasteiger partial charge in [0.2, 0.25) is 0 Å². The predicted molar refractivity (Wildman–Crippen MR) is 80.4 cm³/mol. The van der Waals surface area contributed by atoms with Crippen molar-refractivity contribution in [2.45, 2.75) is 0 Å². The molecule has 0 heterocycles. The molecule has 0 aliphatic heterocycles. The van der Waals surface area contributed by atoms with Crippen molar-refractivity contribution in [3.8, 4) is 17.6 Å². The van der Waals surface area contributed by atoms with E-state index in [0.29, 0.717) is 11.3 Å². The average Bonchev–Trinajstić information content (AvgIpc) is 2.55. The topological polar surface area (TPSA) is 102 Å². The number of rotatable bonds is 5. The number of nitrogens with zero attached hydrogens (tertiary/aromatic N) is 2. The number of nitro benzene ring substituents is 1. The minimum atomic E-state index is -0.717. The molecule has 0 amide bonds. The largest absolute Gasteiger partial charge is 0.482 e. The van der Waals surface area contributed by atoms with E-state index >= 15 is 0 Å². The van der Waals surface area contributed by atoms with Crippen LogP contribution in [0.2, 0.25) is 5.02 Å². The lowest BCUT2D eigenvalue weighted by molar-refractivity contribution is -0.384. The highest BCUT2D eigenvalue weighted by atomic mass is 35.5. The van der Waals surface area contributed by atoms with E-state index in [9.17, 15) is 14.9 Å². The molecule has 0 fully saturated rings. The van der Waals surface area contributed by atoms with Crippen LogP contribution in [-0.2, 0) is 4.79 Å². The Labute approximate surface area is 135 Å². The van der Waals surface area contributed by atoms with Crippen LogP contribution in [0.25, 0.3) is 0 Å². The zero-order chi connectivity index (χ0) is 16.8. The van der Waals surface area contributed by atoms with E-state index in [1.54, 1.807) is 24.3 Å². The van der Waals surface area contributed by atoms with Gasteiger partial charge in [-0.15, -0.1) is 0 Å². The number of nitro groups is 1. The first-order valence-electron chi connectivity index (χ1n) is 6.27. The van der Waals surface area contributed by atoms with Gasteiger partial charge in [0.1, 0.15) is 11.5 Å². The summed E-state index contributed by atoms with van der Waals surface area (Å²) in [4.78, 5) is 21.7. The van der Waals surface area contributed by atoms with Crippen LogP contribution >= 0.6 is 11.6 Å². The molecule has 0 saturated heterocycles. The Kier molecular flexibility index (Phi) is 5.12. The van der Waals surface area contributed by atoms with Gasteiger partial charge >= 0.3 is 5.97 Å². The number of hydrogen-bond donors (Lipinski definition) is 0. The highest BCUT2D eigenvalue weighted by Crippen LogP contribution is 2.28. The van der Waals surface area contributed by atoms with Crippen LogP contribution in [0.5, 0.6) is 11.5 Å². The SMILES string of the molecule is N#Cc1ccc(OCC(=O)Oc2ccc([N+](=O)[O-])cc2Cl)cc1. The number of halogens is 1. The molecular formula is C15H9ClN2O5. The molecule has 0 saturated carbocycles.